The van der Waals surface area contributed by atoms with E-state index in [9.17, 15) is 9.59 Å². The number of carbonyl (C=O) groups excluding carboxylic acids is 2. The summed E-state index contributed by atoms with van der Waals surface area (Å²) in [6, 6.07) is 3.38. The Morgan fingerprint density at radius 1 is 1.28 bits per heavy atom. The summed E-state index contributed by atoms with van der Waals surface area (Å²) in [5.74, 6) is -0.888. The first-order valence-electron chi connectivity index (χ1n) is 9.48. The van der Waals surface area contributed by atoms with Crippen LogP contribution in [0.25, 0.3) is 0 Å². The van der Waals surface area contributed by atoms with Gasteiger partial charge < -0.3 is 27.8 Å². The second kappa shape index (κ2) is 9.83. The van der Waals surface area contributed by atoms with E-state index in [1.807, 2.05) is 6.92 Å². The van der Waals surface area contributed by atoms with E-state index in [1.165, 1.54) is 0 Å². The molecule has 0 spiro atoms. The third kappa shape index (κ3) is 5.89. The SMILES string of the molecule is C=N/C(C(N)=O)=C(\C=C(/C)N[C@@H]1CCCC[C@@H]1N)Nc1ccc(C(N)=O)c(C)n1. The van der Waals surface area contributed by atoms with Gasteiger partial charge in [0, 0.05) is 17.8 Å². The molecule has 2 rings (SSSR count). The van der Waals surface area contributed by atoms with E-state index >= 15 is 0 Å². The highest BCUT2D eigenvalue weighted by Crippen LogP contribution is 2.20. The van der Waals surface area contributed by atoms with Crippen molar-refractivity contribution < 1.29 is 9.59 Å². The number of nitrogens with one attached hydrogen (secondary N) is 2. The molecule has 0 saturated heterocycles. The molecule has 1 heterocycles. The van der Waals surface area contributed by atoms with Crippen LogP contribution in [-0.2, 0) is 4.79 Å². The zero-order chi connectivity index (χ0) is 21.6. The summed E-state index contributed by atoms with van der Waals surface area (Å²) in [5.41, 5.74) is 18.9. The lowest BCUT2D eigenvalue weighted by molar-refractivity contribution is -0.114. The average molecular weight is 399 g/mol. The van der Waals surface area contributed by atoms with Gasteiger partial charge in [0.05, 0.1) is 17.0 Å². The molecule has 0 aliphatic heterocycles. The molecule has 0 bridgehead atoms. The first kappa shape index (κ1) is 22.1. The Bertz CT molecular complexity index is 860. The van der Waals surface area contributed by atoms with Gasteiger partial charge in [0.1, 0.15) is 5.82 Å². The van der Waals surface area contributed by atoms with Gasteiger partial charge in [-0.2, -0.15) is 0 Å². The smallest absolute Gasteiger partial charge is 0.269 e. The molecule has 9 heteroatoms. The maximum atomic E-state index is 11.8. The molecule has 1 aliphatic carbocycles. The predicted octanol–water partition coefficient (Wildman–Crippen LogP) is 1.06. The second-order valence-corrected chi connectivity index (χ2v) is 7.13. The molecule has 0 unspecified atom stereocenters. The van der Waals surface area contributed by atoms with E-state index in [4.69, 9.17) is 17.2 Å². The molecule has 9 nitrogen and oxygen atoms in total. The highest BCUT2D eigenvalue weighted by molar-refractivity contribution is 5.95. The fraction of sp³-hybridized carbons (Fsp3) is 0.400. The average Bonchev–Trinajstić information content (AvgIpc) is 2.63. The summed E-state index contributed by atoms with van der Waals surface area (Å²) >= 11 is 0. The summed E-state index contributed by atoms with van der Waals surface area (Å²) < 4.78 is 0. The van der Waals surface area contributed by atoms with E-state index in [0.717, 1.165) is 31.4 Å². The number of rotatable bonds is 8. The van der Waals surface area contributed by atoms with Crippen LogP contribution in [0.15, 0.2) is 40.3 Å². The fourth-order valence-corrected chi connectivity index (χ4v) is 3.38. The number of hydrogen-bond donors (Lipinski definition) is 5. The molecule has 0 aromatic carbocycles. The molecule has 8 N–H and O–H groups in total. The van der Waals surface area contributed by atoms with E-state index in [-0.39, 0.29) is 17.8 Å². The first-order chi connectivity index (χ1) is 13.7. The number of nitrogens with zero attached hydrogens (tertiary/aromatic N) is 2. The number of carbonyl (C=O) groups is 2. The number of primary amides is 2. The van der Waals surface area contributed by atoms with E-state index in [2.05, 4.69) is 27.3 Å². The fourth-order valence-electron chi connectivity index (χ4n) is 3.38. The predicted molar refractivity (Wildman–Crippen MR) is 114 cm³/mol. The van der Waals surface area contributed by atoms with Crippen LogP contribution in [0, 0.1) is 6.92 Å². The minimum atomic E-state index is -0.730. The van der Waals surface area contributed by atoms with Gasteiger partial charge in [0.15, 0.2) is 5.70 Å². The number of allylic oxidation sites excluding steroid dienone is 2. The number of aryl methyl sites for hydroxylation is 1. The number of aliphatic imine (C=N–C) groups is 1. The van der Waals surface area contributed by atoms with Crippen LogP contribution < -0.4 is 27.8 Å². The number of hydrogen-bond acceptors (Lipinski definition) is 7. The quantitative estimate of drug-likeness (QED) is 0.249. The van der Waals surface area contributed by atoms with Crippen LogP contribution in [0.4, 0.5) is 5.82 Å². The summed E-state index contributed by atoms with van der Waals surface area (Å²) in [4.78, 5) is 31.3. The van der Waals surface area contributed by atoms with Crippen molar-refractivity contribution in [3.63, 3.8) is 0 Å². The molecule has 2 amide bonds. The van der Waals surface area contributed by atoms with Crippen molar-refractivity contribution >= 4 is 24.3 Å². The normalized spacial score (nSPS) is 20.4. The van der Waals surface area contributed by atoms with Gasteiger partial charge in [-0.05, 0) is 51.6 Å². The van der Waals surface area contributed by atoms with Gasteiger partial charge in [-0.15, -0.1) is 0 Å². The Morgan fingerprint density at radius 3 is 2.52 bits per heavy atom. The van der Waals surface area contributed by atoms with Gasteiger partial charge in [-0.25, -0.2) is 4.98 Å². The number of aromatic nitrogens is 1. The van der Waals surface area contributed by atoms with Gasteiger partial charge in [0.2, 0.25) is 0 Å². The van der Waals surface area contributed by atoms with Crippen molar-refractivity contribution in [3.8, 4) is 0 Å². The summed E-state index contributed by atoms with van der Waals surface area (Å²) in [5, 5.41) is 6.44. The Kier molecular flexibility index (Phi) is 7.49. The van der Waals surface area contributed by atoms with Crippen molar-refractivity contribution in [1.29, 1.82) is 0 Å². The van der Waals surface area contributed by atoms with Crippen LogP contribution in [0.5, 0.6) is 0 Å². The molecule has 1 aliphatic rings. The topological polar surface area (TPSA) is 162 Å². The molecule has 1 aromatic heterocycles. The highest BCUT2D eigenvalue weighted by atomic mass is 16.1. The Labute approximate surface area is 170 Å². The number of pyridine rings is 1. The lowest BCUT2D eigenvalue weighted by Gasteiger charge is -2.30. The highest BCUT2D eigenvalue weighted by Gasteiger charge is 2.21. The molecule has 1 aromatic rings. The van der Waals surface area contributed by atoms with Gasteiger partial charge in [-0.3, -0.25) is 14.6 Å². The molecule has 2 atom stereocenters. The molecule has 29 heavy (non-hydrogen) atoms. The van der Waals surface area contributed by atoms with Crippen molar-refractivity contribution in [3.05, 3.63) is 46.6 Å². The largest absolute Gasteiger partial charge is 0.384 e. The molecular formula is C20H29N7O2. The van der Waals surface area contributed by atoms with Crippen molar-refractivity contribution in [2.75, 3.05) is 5.32 Å². The van der Waals surface area contributed by atoms with Crippen molar-refractivity contribution in [1.82, 2.24) is 10.3 Å². The lowest BCUT2D eigenvalue weighted by Crippen LogP contribution is -2.46. The summed E-state index contributed by atoms with van der Waals surface area (Å²) in [6.45, 7) is 6.98. The molecular weight excluding hydrogens is 370 g/mol. The number of nitrogens with two attached hydrogens (primary N) is 3. The van der Waals surface area contributed by atoms with Crippen molar-refractivity contribution in [2.24, 2.45) is 22.2 Å². The van der Waals surface area contributed by atoms with Gasteiger partial charge in [0.25, 0.3) is 11.8 Å². The van der Waals surface area contributed by atoms with Crippen LogP contribution in [0.3, 0.4) is 0 Å². The minimum absolute atomic E-state index is 0.0301. The van der Waals surface area contributed by atoms with Gasteiger partial charge in [-0.1, -0.05) is 12.8 Å². The van der Waals surface area contributed by atoms with Gasteiger partial charge >= 0.3 is 0 Å². The van der Waals surface area contributed by atoms with E-state index in [1.54, 1.807) is 25.1 Å². The monoisotopic (exact) mass is 399 g/mol. The van der Waals surface area contributed by atoms with Crippen LogP contribution in [-0.4, -0.2) is 35.6 Å². The molecule has 156 valence electrons. The van der Waals surface area contributed by atoms with Crippen molar-refractivity contribution in [2.45, 2.75) is 51.6 Å². The summed E-state index contributed by atoms with van der Waals surface area (Å²) in [7, 11) is 0. The van der Waals surface area contributed by atoms with Crippen LogP contribution in [0.1, 0.15) is 48.7 Å². The first-order valence-corrected chi connectivity index (χ1v) is 9.48. The Balaban J connectivity index is 2.33. The molecule has 1 saturated carbocycles. The standard InChI is InChI=1S/C20H29N7O2/c1-11(25-15-7-5-4-6-14(15)21)10-16(18(24-3)20(23)29)27-17-9-8-13(19(22)28)12(2)26-17/h8-10,14-15,25H,3-7,21H2,1-2H3,(H2,22,28)(H2,23,29)(H,26,27)/b11-10+,18-16+/t14-,15+/m0/s1. The maximum Gasteiger partial charge on any atom is 0.269 e. The Hall–Kier alpha value is -3.20. The third-order valence-corrected chi connectivity index (χ3v) is 4.85. The zero-order valence-corrected chi connectivity index (χ0v) is 16.9. The number of anilines is 1. The maximum absolute atomic E-state index is 11.8. The minimum Gasteiger partial charge on any atom is -0.384 e. The van der Waals surface area contributed by atoms with Crippen LogP contribution in [0.2, 0.25) is 0 Å². The van der Waals surface area contributed by atoms with Crippen LogP contribution >= 0.6 is 0 Å². The second-order valence-electron chi connectivity index (χ2n) is 7.13. The summed E-state index contributed by atoms with van der Waals surface area (Å²) in [6.07, 6.45) is 5.93. The lowest BCUT2D eigenvalue weighted by atomic mass is 9.91. The third-order valence-electron chi connectivity index (χ3n) is 4.85. The zero-order valence-electron chi connectivity index (χ0n) is 16.9. The number of amides is 2. The molecule has 1 fully saturated rings. The molecule has 0 radical (unpaired) electrons. The Morgan fingerprint density at radius 2 is 1.97 bits per heavy atom. The van der Waals surface area contributed by atoms with E-state index in [0.29, 0.717) is 22.8 Å². The van der Waals surface area contributed by atoms with E-state index < -0.39 is 11.8 Å².